The molecule has 0 bridgehead atoms. The van der Waals surface area contributed by atoms with E-state index in [1.807, 2.05) is 18.4 Å². The Bertz CT molecular complexity index is 495. The van der Waals surface area contributed by atoms with E-state index in [9.17, 15) is 4.79 Å². The first-order valence-corrected chi connectivity index (χ1v) is 7.23. The minimum absolute atomic E-state index is 0.353. The molecule has 4 nitrogen and oxygen atoms in total. The van der Waals surface area contributed by atoms with Crippen LogP contribution in [0, 0.1) is 11.5 Å². The molecule has 0 spiro atoms. The lowest BCUT2D eigenvalue weighted by molar-refractivity contribution is 0.0600. The van der Waals surface area contributed by atoms with Crippen molar-refractivity contribution in [2.45, 2.75) is 5.75 Å². The Balaban J connectivity index is 2.82. The van der Waals surface area contributed by atoms with Crippen molar-refractivity contribution in [3.8, 4) is 6.19 Å². The van der Waals surface area contributed by atoms with Crippen LogP contribution in [0.5, 0.6) is 0 Å². The normalized spacial score (nSPS) is 10.8. The van der Waals surface area contributed by atoms with Crippen molar-refractivity contribution in [3.05, 3.63) is 35.4 Å². The van der Waals surface area contributed by atoms with Crippen LogP contribution in [-0.2, 0) is 10.5 Å². The number of benzene rings is 1. The maximum absolute atomic E-state index is 11.6. The Hall–Kier alpha value is -1.45. The van der Waals surface area contributed by atoms with Crippen LogP contribution in [0.25, 0.3) is 0 Å². The van der Waals surface area contributed by atoms with Crippen molar-refractivity contribution < 1.29 is 9.53 Å². The van der Waals surface area contributed by atoms with Crippen LogP contribution in [0.4, 0.5) is 0 Å². The maximum Gasteiger partial charge on any atom is 0.338 e. The maximum atomic E-state index is 11.6. The number of nitrogens with zero attached hydrogens (tertiary/aromatic N) is 2. The smallest absolute Gasteiger partial charge is 0.338 e. The Labute approximate surface area is 114 Å². The lowest BCUT2D eigenvalue weighted by Gasteiger charge is -2.07. The Morgan fingerprint density at radius 3 is 2.83 bits per heavy atom. The average Bonchev–Trinajstić information content (AvgIpc) is 2.43. The standard InChI is InChI=1S/C12H12N2O2S2/c1-16-11(15)10-6-4-3-5-9(10)7-18-12(17-2)14-8-13/h3-6H,7H2,1-2H3. The van der Waals surface area contributed by atoms with Gasteiger partial charge >= 0.3 is 5.97 Å². The van der Waals surface area contributed by atoms with Gasteiger partial charge in [0, 0.05) is 5.75 Å². The third kappa shape index (κ3) is 4.09. The highest BCUT2D eigenvalue weighted by Gasteiger charge is 2.11. The van der Waals surface area contributed by atoms with Crippen LogP contribution in [0.1, 0.15) is 15.9 Å². The number of esters is 1. The lowest BCUT2D eigenvalue weighted by Crippen LogP contribution is -2.05. The van der Waals surface area contributed by atoms with Crippen LogP contribution in [0.2, 0.25) is 0 Å². The summed E-state index contributed by atoms with van der Waals surface area (Å²) >= 11 is 2.83. The number of ether oxygens (including phenoxy) is 1. The molecular weight excluding hydrogens is 268 g/mol. The largest absolute Gasteiger partial charge is 0.465 e. The SMILES string of the molecule is COC(=O)c1ccccc1CSC(=NC#N)SC. The number of rotatable bonds is 3. The molecule has 0 aromatic heterocycles. The van der Waals surface area contributed by atoms with E-state index >= 15 is 0 Å². The second kappa shape index (κ2) is 7.80. The molecule has 6 heteroatoms. The van der Waals surface area contributed by atoms with Crippen molar-refractivity contribution in [2.75, 3.05) is 13.4 Å². The molecule has 1 aromatic carbocycles. The van der Waals surface area contributed by atoms with Gasteiger partial charge in [0.05, 0.1) is 12.7 Å². The van der Waals surface area contributed by atoms with Gasteiger partial charge in [0.25, 0.3) is 0 Å². The molecule has 0 atom stereocenters. The number of hydrogen-bond donors (Lipinski definition) is 0. The van der Waals surface area contributed by atoms with E-state index < -0.39 is 0 Å². The fraction of sp³-hybridized carbons (Fsp3) is 0.250. The Morgan fingerprint density at radius 2 is 2.22 bits per heavy atom. The van der Waals surface area contributed by atoms with Gasteiger partial charge in [-0.3, -0.25) is 0 Å². The Kier molecular flexibility index (Phi) is 6.33. The third-order valence-electron chi connectivity index (χ3n) is 2.09. The lowest BCUT2D eigenvalue weighted by atomic mass is 10.1. The van der Waals surface area contributed by atoms with Gasteiger partial charge in [-0.2, -0.15) is 10.3 Å². The van der Waals surface area contributed by atoms with Gasteiger partial charge in [-0.25, -0.2) is 4.79 Å². The molecule has 0 amide bonds. The molecule has 0 aliphatic rings. The number of aliphatic imine (C=N–C) groups is 1. The molecule has 0 heterocycles. The number of nitriles is 1. The molecule has 0 fully saturated rings. The van der Waals surface area contributed by atoms with Crippen LogP contribution in [-0.4, -0.2) is 23.7 Å². The molecule has 0 aliphatic heterocycles. The summed E-state index contributed by atoms with van der Waals surface area (Å²) in [7, 11) is 1.36. The number of hydrogen-bond acceptors (Lipinski definition) is 6. The van der Waals surface area contributed by atoms with Gasteiger partial charge < -0.3 is 4.74 Å². The summed E-state index contributed by atoms with van der Waals surface area (Å²) < 4.78 is 5.40. The van der Waals surface area contributed by atoms with E-state index in [1.54, 1.807) is 18.3 Å². The molecule has 0 saturated carbocycles. The summed E-state index contributed by atoms with van der Waals surface area (Å²) in [6.07, 6.45) is 3.61. The van der Waals surface area contributed by atoms with Gasteiger partial charge in [-0.15, -0.1) is 11.8 Å². The van der Waals surface area contributed by atoms with Gasteiger partial charge in [-0.05, 0) is 17.9 Å². The summed E-state index contributed by atoms with van der Waals surface area (Å²) in [5.41, 5.74) is 1.42. The minimum Gasteiger partial charge on any atom is -0.465 e. The van der Waals surface area contributed by atoms with Gasteiger partial charge in [0.2, 0.25) is 6.19 Å². The van der Waals surface area contributed by atoms with E-state index in [2.05, 4.69) is 4.99 Å². The molecule has 1 rings (SSSR count). The number of carbonyl (C=O) groups is 1. The topological polar surface area (TPSA) is 62.4 Å². The van der Waals surface area contributed by atoms with Crippen molar-refractivity contribution in [1.29, 1.82) is 5.26 Å². The van der Waals surface area contributed by atoms with Crippen molar-refractivity contribution in [3.63, 3.8) is 0 Å². The second-order valence-electron chi connectivity index (χ2n) is 3.12. The molecule has 94 valence electrons. The summed E-state index contributed by atoms with van der Waals surface area (Å²) in [4.78, 5) is 15.2. The molecule has 18 heavy (non-hydrogen) atoms. The first-order chi connectivity index (χ1) is 8.72. The first kappa shape index (κ1) is 14.6. The molecule has 1 aromatic rings. The van der Waals surface area contributed by atoms with Gasteiger partial charge in [-0.1, -0.05) is 30.0 Å². The average molecular weight is 280 g/mol. The van der Waals surface area contributed by atoms with Crippen LogP contribution in [0.3, 0.4) is 0 Å². The molecule has 0 saturated heterocycles. The third-order valence-corrected chi connectivity index (χ3v) is 4.18. The van der Waals surface area contributed by atoms with Crippen LogP contribution >= 0.6 is 23.5 Å². The highest BCUT2D eigenvalue weighted by Crippen LogP contribution is 2.22. The summed E-state index contributed by atoms with van der Waals surface area (Å²) in [5.74, 6) is 0.223. The Morgan fingerprint density at radius 1 is 1.50 bits per heavy atom. The summed E-state index contributed by atoms with van der Waals surface area (Å²) in [6.45, 7) is 0. The van der Waals surface area contributed by atoms with E-state index in [4.69, 9.17) is 10.00 Å². The van der Waals surface area contributed by atoms with Crippen LogP contribution < -0.4 is 0 Å². The van der Waals surface area contributed by atoms with Gasteiger partial charge in [0.1, 0.15) is 4.38 Å². The van der Waals surface area contributed by atoms with E-state index in [0.717, 1.165) is 5.56 Å². The summed E-state index contributed by atoms with van der Waals surface area (Å²) in [5, 5.41) is 8.51. The number of carbonyl (C=O) groups excluding carboxylic acids is 1. The fourth-order valence-electron chi connectivity index (χ4n) is 1.27. The van der Waals surface area contributed by atoms with Gasteiger partial charge in [0.15, 0.2) is 0 Å². The zero-order valence-electron chi connectivity index (χ0n) is 10.0. The van der Waals surface area contributed by atoms with Crippen LogP contribution in [0.15, 0.2) is 29.3 Å². The highest BCUT2D eigenvalue weighted by atomic mass is 32.2. The number of thioether (sulfide) groups is 2. The van der Waals surface area contributed by atoms with E-state index in [0.29, 0.717) is 15.7 Å². The molecule has 0 unspecified atom stereocenters. The molecule has 0 radical (unpaired) electrons. The summed E-state index contributed by atoms with van der Waals surface area (Å²) in [6, 6.07) is 7.24. The van der Waals surface area contributed by atoms with Crippen molar-refractivity contribution >= 4 is 33.9 Å². The molecule has 0 aliphatic carbocycles. The highest BCUT2D eigenvalue weighted by molar-refractivity contribution is 8.38. The van der Waals surface area contributed by atoms with Crippen molar-refractivity contribution in [2.24, 2.45) is 4.99 Å². The fourth-order valence-corrected chi connectivity index (χ4v) is 2.69. The van der Waals surface area contributed by atoms with E-state index in [-0.39, 0.29) is 5.97 Å². The predicted molar refractivity (Wildman–Crippen MR) is 75.6 cm³/mol. The zero-order valence-corrected chi connectivity index (χ0v) is 11.7. The monoisotopic (exact) mass is 280 g/mol. The second-order valence-corrected chi connectivity index (χ2v) is 5.14. The van der Waals surface area contributed by atoms with E-state index in [1.165, 1.54) is 30.6 Å². The number of methoxy groups -OCH3 is 1. The zero-order chi connectivity index (χ0) is 13.4. The quantitative estimate of drug-likeness (QED) is 0.369. The predicted octanol–water partition coefficient (Wildman–Crippen LogP) is 2.91. The minimum atomic E-state index is -0.353. The first-order valence-electron chi connectivity index (χ1n) is 5.02. The van der Waals surface area contributed by atoms with Crippen molar-refractivity contribution in [1.82, 2.24) is 0 Å². The molecular formula is C12H12N2O2S2. The molecule has 0 N–H and O–H groups in total.